The normalized spacial score (nSPS) is 19.1. The van der Waals surface area contributed by atoms with Crippen LogP contribution in [0.5, 0.6) is 0 Å². The van der Waals surface area contributed by atoms with Crippen molar-refractivity contribution in [3.8, 4) is 0 Å². The number of aromatic amines is 1. The highest BCUT2D eigenvalue weighted by Gasteiger charge is 2.41. The lowest BCUT2D eigenvalue weighted by Crippen LogP contribution is -2.45. The van der Waals surface area contributed by atoms with Gasteiger partial charge in [0.1, 0.15) is 5.60 Å². The summed E-state index contributed by atoms with van der Waals surface area (Å²) in [4.78, 5) is 16.7. The van der Waals surface area contributed by atoms with Crippen LogP contribution in [0.2, 0.25) is 19.1 Å². The van der Waals surface area contributed by atoms with Crippen molar-refractivity contribution >= 4 is 24.9 Å². The molecule has 4 nitrogen and oxygen atoms in total. The molecule has 166 valence electrons. The van der Waals surface area contributed by atoms with Crippen LogP contribution in [0.3, 0.4) is 0 Å². The van der Waals surface area contributed by atoms with E-state index >= 15 is 0 Å². The van der Waals surface area contributed by atoms with E-state index in [0.29, 0.717) is 13.0 Å². The molecule has 0 bridgehead atoms. The monoisotopic (exact) mass is 428 g/mol. The van der Waals surface area contributed by atoms with Crippen molar-refractivity contribution in [2.75, 3.05) is 12.8 Å². The average Bonchev–Trinajstić information content (AvgIpc) is 3.13. The summed E-state index contributed by atoms with van der Waals surface area (Å²) in [6.07, 6.45) is 7.77. The fourth-order valence-corrected chi connectivity index (χ4v) is 6.90. The summed E-state index contributed by atoms with van der Waals surface area (Å²) in [6, 6.07) is 7.83. The molecule has 1 aliphatic rings. The Bertz CT molecular complexity index is 873. The van der Waals surface area contributed by atoms with Gasteiger partial charge in [0.25, 0.3) is 0 Å². The van der Waals surface area contributed by atoms with Crippen molar-refractivity contribution in [2.45, 2.75) is 90.5 Å². The van der Waals surface area contributed by atoms with Gasteiger partial charge >= 0.3 is 0 Å². The molecule has 1 aliphatic heterocycles. The van der Waals surface area contributed by atoms with Gasteiger partial charge in [0.15, 0.2) is 0 Å². The molecule has 3 rings (SSSR count). The van der Waals surface area contributed by atoms with Crippen LogP contribution in [0, 0.1) is 0 Å². The van der Waals surface area contributed by atoms with Crippen molar-refractivity contribution in [3.05, 3.63) is 35.0 Å². The lowest BCUT2D eigenvalue weighted by atomic mass is 9.86. The van der Waals surface area contributed by atoms with E-state index in [9.17, 15) is 4.79 Å². The van der Waals surface area contributed by atoms with E-state index in [4.69, 9.17) is 4.74 Å². The first kappa shape index (κ1) is 23.1. The summed E-state index contributed by atoms with van der Waals surface area (Å²) in [5.41, 5.74) is 4.47. The van der Waals surface area contributed by atoms with E-state index in [-0.39, 0.29) is 5.91 Å². The molecule has 1 aromatic carbocycles. The van der Waals surface area contributed by atoms with Crippen molar-refractivity contribution in [2.24, 2.45) is 0 Å². The van der Waals surface area contributed by atoms with Gasteiger partial charge in [0, 0.05) is 17.1 Å². The highest BCUT2D eigenvalue weighted by molar-refractivity contribution is 6.77. The van der Waals surface area contributed by atoms with Gasteiger partial charge in [0.2, 0.25) is 5.91 Å². The number of ether oxygens (including phenoxy) is 1. The van der Waals surface area contributed by atoms with Crippen LogP contribution in [-0.4, -0.2) is 31.7 Å². The van der Waals surface area contributed by atoms with Crippen molar-refractivity contribution < 1.29 is 9.53 Å². The van der Waals surface area contributed by atoms with Gasteiger partial charge in [0.05, 0.1) is 26.8 Å². The number of para-hydroxylation sites is 1. The summed E-state index contributed by atoms with van der Waals surface area (Å²) in [5.74, 6) is 0.120. The van der Waals surface area contributed by atoms with Crippen molar-refractivity contribution in [1.82, 2.24) is 10.3 Å². The molecular weight excluding hydrogens is 388 g/mol. The molecule has 0 aliphatic carbocycles. The standard InChI is InChI=1S/C25H40N2O2Si/c1-6-9-10-16-30(4,5)18-26-22(28)17-25(8-3)24-21(14-15-29-25)20-13-11-12-19(7-2)23(20)27-24/h11-13,27H,6-10,14-18H2,1-5H3,(H,26,28). The van der Waals surface area contributed by atoms with E-state index in [1.54, 1.807) is 0 Å². The minimum Gasteiger partial charge on any atom is -0.368 e. The zero-order chi connectivity index (χ0) is 21.8. The van der Waals surface area contributed by atoms with E-state index in [1.165, 1.54) is 47.3 Å². The molecule has 2 N–H and O–H groups in total. The third-order valence-electron chi connectivity index (χ3n) is 6.83. The Morgan fingerprint density at radius 1 is 1.23 bits per heavy atom. The fourth-order valence-electron chi connectivity index (χ4n) is 4.84. The van der Waals surface area contributed by atoms with Gasteiger partial charge < -0.3 is 15.0 Å². The Kier molecular flexibility index (Phi) is 7.46. The second-order valence-electron chi connectivity index (χ2n) is 9.69. The van der Waals surface area contributed by atoms with E-state index in [0.717, 1.165) is 31.1 Å². The summed E-state index contributed by atoms with van der Waals surface area (Å²) in [6.45, 7) is 12.0. The van der Waals surface area contributed by atoms with Crippen molar-refractivity contribution in [3.63, 3.8) is 0 Å². The SMILES string of the molecule is CCCCC[Si](C)(C)CNC(=O)CC1(CC)OCCc2c1[nH]c1c(CC)cccc21. The number of unbranched alkanes of at least 4 members (excludes halogenated alkanes) is 2. The van der Waals surface area contributed by atoms with Crippen LogP contribution in [0.25, 0.3) is 10.9 Å². The largest absolute Gasteiger partial charge is 0.368 e. The molecule has 30 heavy (non-hydrogen) atoms. The quantitative estimate of drug-likeness (QED) is 0.368. The Morgan fingerprint density at radius 3 is 2.73 bits per heavy atom. The number of hydrogen-bond donors (Lipinski definition) is 2. The maximum Gasteiger partial charge on any atom is 0.223 e. The molecule has 2 heterocycles. The number of rotatable bonds is 10. The highest BCUT2D eigenvalue weighted by Crippen LogP contribution is 2.42. The number of fused-ring (bicyclic) bond motifs is 3. The summed E-state index contributed by atoms with van der Waals surface area (Å²) in [7, 11) is -1.39. The molecule has 0 saturated carbocycles. The first-order chi connectivity index (χ1) is 14.4. The predicted molar refractivity (Wildman–Crippen MR) is 129 cm³/mol. The molecule has 1 unspecified atom stereocenters. The Hall–Kier alpha value is -1.59. The van der Waals surface area contributed by atoms with Gasteiger partial charge in [-0.25, -0.2) is 0 Å². The molecule has 0 radical (unpaired) electrons. The van der Waals surface area contributed by atoms with Gasteiger partial charge in [-0.3, -0.25) is 4.79 Å². The molecule has 1 aromatic heterocycles. The van der Waals surface area contributed by atoms with Crippen LogP contribution in [0.4, 0.5) is 0 Å². The molecule has 0 fully saturated rings. The first-order valence-electron chi connectivity index (χ1n) is 11.9. The number of H-pyrrole nitrogens is 1. The predicted octanol–water partition coefficient (Wildman–Crippen LogP) is 5.85. The molecule has 1 amide bonds. The zero-order valence-corrected chi connectivity index (χ0v) is 20.6. The first-order valence-corrected chi connectivity index (χ1v) is 15.3. The lowest BCUT2D eigenvalue weighted by Gasteiger charge is -2.36. The molecule has 5 heteroatoms. The van der Waals surface area contributed by atoms with Crippen LogP contribution >= 0.6 is 0 Å². The van der Waals surface area contributed by atoms with Crippen LogP contribution in [0.15, 0.2) is 18.2 Å². The highest BCUT2D eigenvalue weighted by atomic mass is 28.3. The Morgan fingerprint density at radius 2 is 2.03 bits per heavy atom. The van der Waals surface area contributed by atoms with E-state index in [1.807, 2.05) is 0 Å². The molecule has 0 spiro atoms. The molecular formula is C25H40N2O2Si. The number of amides is 1. The number of carbonyl (C=O) groups is 1. The minimum absolute atomic E-state index is 0.120. The maximum absolute atomic E-state index is 13.0. The molecule has 1 atom stereocenters. The number of aryl methyl sites for hydroxylation is 1. The van der Waals surface area contributed by atoms with Crippen LogP contribution in [0.1, 0.15) is 69.7 Å². The molecule has 2 aromatic rings. The number of benzene rings is 1. The summed E-state index contributed by atoms with van der Waals surface area (Å²) in [5, 5.41) is 4.57. The topological polar surface area (TPSA) is 54.1 Å². The van der Waals surface area contributed by atoms with E-state index < -0.39 is 13.7 Å². The Balaban J connectivity index is 1.78. The third-order valence-corrected chi connectivity index (χ3v) is 9.67. The fraction of sp³-hybridized carbons (Fsp3) is 0.640. The smallest absolute Gasteiger partial charge is 0.223 e. The van der Waals surface area contributed by atoms with Gasteiger partial charge in [-0.1, -0.05) is 77.4 Å². The van der Waals surface area contributed by atoms with E-state index in [2.05, 4.69) is 62.4 Å². The number of aromatic nitrogens is 1. The van der Waals surface area contributed by atoms with Gasteiger partial charge in [-0.15, -0.1) is 0 Å². The third kappa shape index (κ3) is 4.83. The summed E-state index contributed by atoms with van der Waals surface area (Å²) >= 11 is 0. The summed E-state index contributed by atoms with van der Waals surface area (Å²) < 4.78 is 6.35. The maximum atomic E-state index is 13.0. The minimum atomic E-state index is -1.39. The van der Waals surface area contributed by atoms with Crippen molar-refractivity contribution in [1.29, 1.82) is 0 Å². The average molecular weight is 429 g/mol. The zero-order valence-electron chi connectivity index (χ0n) is 19.6. The number of carbonyl (C=O) groups excluding carboxylic acids is 1. The Labute approximate surface area is 183 Å². The number of hydrogen-bond acceptors (Lipinski definition) is 2. The lowest BCUT2D eigenvalue weighted by molar-refractivity contribution is -0.132. The second kappa shape index (κ2) is 9.69. The molecule has 0 saturated heterocycles. The second-order valence-corrected chi connectivity index (χ2v) is 14.9. The van der Waals surface area contributed by atoms with Gasteiger partial charge in [-0.2, -0.15) is 0 Å². The van der Waals surface area contributed by atoms with Crippen LogP contribution in [-0.2, 0) is 28.0 Å². The number of nitrogens with one attached hydrogen (secondary N) is 2. The van der Waals surface area contributed by atoms with Gasteiger partial charge in [-0.05, 0) is 30.4 Å². The van der Waals surface area contributed by atoms with Crippen LogP contribution < -0.4 is 5.32 Å².